The average Bonchev–Trinajstić information content (AvgIpc) is 2.49. The van der Waals surface area contributed by atoms with Crippen LogP contribution in [0.2, 0.25) is 10.0 Å². The van der Waals surface area contributed by atoms with Crippen molar-refractivity contribution in [3.8, 4) is 0 Å². The van der Waals surface area contributed by atoms with E-state index >= 15 is 0 Å². The van der Waals surface area contributed by atoms with Crippen LogP contribution in [-0.2, 0) is 0 Å². The van der Waals surface area contributed by atoms with Gasteiger partial charge in [0, 0.05) is 22.8 Å². The Kier molecular flexibility index (Phi) is 3.96. The standard InChI is InChI=1S/C16H11Cl2N3O/c1-9-12(6-10-8-19-5-4-14(10)20-9)16(22)21-15-3-2-11(17)7-13(15)18/h2-8H,1H3,(H,21,22). The number of aromatic nitrogens is 2. The Morgan fingerprint density at radius 1 is 1.18 bits per heavy atom. The Morgan fingerprint density at radius 2 is 2.00 bits per heavy atom. The maximum atomic E-state index is 12.5. The van der Waals surface area contributed by atoms with Gasteiger partial charge in [0.15, 0.2) is 0 Å². The van der Waals surface area contributed by atoms with E-state index in [0.717, 1.165) is 10.9 Å². The largest absolute Gasteiger partial charge is 0.321 e. The number of pyridine rings is 2. The number of carbonyl (C=O) groups is 1. The molecule has 22 heavy (non-hydrogen) atoms. The van der Waals surface area contributed by atoms with Crippen molar-refractivity contribution in [3.05, 3.63) is 64.0 Å². The molecule has 110 valence electrons. The van der Waals surface area contributed by atoms with Gasteiger partial charge < -0.3 is 5.32 Å². The van der Waals surface area contributed by atoms with E-state index in [1.807, 2.05) is 0 Å². The Hall–Kier alpha value is -2.17. The van der Waals surface area contributed by atoms with Crippen LogP contribution in [0, 0.1) is 6.92 Å². The van der Waals surface area contributed by atoms with Crippen LogP contribution in [0.3, 0.4) is 0 Å². The number of amides is 1. The van der Waals surface area contributed by atoms with E-state index in [9.17, 15) is 4.79 Å². The number of nitrogens with zero attached hydrogens (tertiary/aromatic N) is 2. The smallest absolute Gasteiger partial charge is 0.257 e. The summed E-state index contributed by atoms with van der Waals surface area (Å²) in [6.45, 7) is 1.79. The molecule has 0 radical (unpaired) electrons. The lowest BCUT2D eigenvalue weighted by atomic mass is 10.1. The third-order valence-electron chi connectivity index (χ3n) is 3.23. The van der Waals surface area contributed by atoms with Crippen LogP contribution in [0.1, 0.15) is 16.1 Å². The number of nitrogens with one attached hydrogen (secondary N) is 1. The Labute approximate surface area is 137 Å². The highest BCUT2D eigenvalue weighted by Crippen LogP contribution is 2.26. The molecule has 0 spiro atoms. The molecular weight excluding hydrogens is 321 g/mol. The van der Waals surface area contributed by atoms with E-state index in [4.69, 9.17) is 23.2 Å². The molecule has 6 heteroatoms. The van der Waals surface area contributed by atoms with Crippen molar-refractivity contribution in [2.75, 3.05) is 5.32 Å². The SMILES string of the molecule is Cc1nc2ccncc2cc1C(=O)Nc1ccc(Cl)cc1Cl. The second-order valence-electron chi connectivity index (χ2n) is 4.77. The molecule has 0 aliphatic carbocycles. The minimum atomic E-state index is -0.278. The molecule has 2 aromatic heterocycles. The Morgan fingerprint density at radius 3 is 2.77 bits per heavy atom. The number of anilines is 1. The summed E-state index contributed by atoms with van der Waals surface area (Å²) < 4.78 is 0. The van der Waals surface area contributed by atoms with Gasteiger partial charge in [0.2, 0.25) is 0 Å². The van der Waals surface area contributed by atoms with Crippen LogP contribution in [0.15, 0.2) is 42.7 Å². The highest BCUT2D eigenvalue weighted by Gasteiger charge is 2.13. The molecule has 0 aliphatic rings. The van der Waals surface area contributed by atoms with E-state index < -0.39 is 0 Å². The van der Waals surface area contributed by atoms with Gasteiger partial charge in [-0.05, 0) is 37.3 Å². The van der Waals surface area contributed by atoms with Crippen molar-refractivity contribution >= 4 is 45.7 Å². The van der Waals surface area contributed by atoms with Crippen molar-refractivity contribution in [1.29, 1.82) is 0 Å². The summed E-state index contributed by atoms with van der Waals surface area (Å²) in [4.78, 5) is 20.9. The predicted octanol–water partition coefficient (Wildman–Crippen LogP) is 4.50. The van der Waals surface area contributed by atoms with Crippen molar-refractivity contribution in [2.24, 2.45) is 0 Å². The maximum absolute atomic E-state index is 12.5. The van der Waals surface area contributed by atoms with E-state index in [0.29, 0.717) is 27.0 Å². The van der Waals surface area contributed by atoms with E-state index in [-0.39, 0.29) is 5.91 Å². The highest BCUT2D eigenvalue weighted by molar-refractivity contribution is 6.36. The summed E-state index contributed by atoms with van der Waals surface area (Å²) in [5.41, 5.74) is 2.42. The number of halogens is 2. The van der Waals surface area contributed by atoms with Gasteiger partial charge in [-0.2, -0.15) is 0 Å². The van der Waals surface area contributed by atoms with E-state index in [2.05, 4.69) is 15.3 Å². The van der Waals surface area contributed by atoms with Gasteiger partial charge in [-0.25, -0.2) is 0 Å². The van der Waals surface area contributed by atoms with Gasteiger partial charge in [-0.3, -0.25) is 14.8 Å². The molecular formula is C16H11Cl2N3O. The van der Waals surface area contributed by atoms with Crippen LogP contribution < -0.4 is 5.32 Å². The molecule has 3 rings (SSSR count). The summed E-state index contributed by atoms with van der Waals surface area (Å²) in [6, 6.07) is 8.48. The Bertz CT molecular complexity index is 880. The topological polar surface area (TPSA) is 54.9 Å². The molecule has 2 heterocycles. The number of hydrogen-bond donors (Lipinski definition) is 1. The molecule has 1 N–H and O–H groups in total. The van der Waals surface area contributed by atoms with Crippen LogP contribution in [-0.4, -0.2) is 15.9 Å². The molecule has 0 aliphatic heterocycles. The first kappa shape index (κ1) is 14.8. The van der Waals surface area contributed by atoms with Gasteiger partial charge in [0.05, 0.1) is 27.5 Å². The van der Waals surface area contributed by atoms with Gasteiger partial charge in [-0.15, -0.1) is 0 Å². The highest BCUT2D eigenvalue weighted by atomic mass is 35.5. The molecule has 1 aromatic carbocycles. The first-order valence-corrected chi connectivity index (χ1v) is 7.28. The first-order chi connectivity index (χ1) is 10.5. The molecule has 0 saturated heterocycles. The fraction of sp³-hybridized carbons (Fsp3) is 0.0625. The third-order valence-corrected chi connectivity index (χ3v) is 3.78. The number of fused-ring (bicyclic) bond motifs is 1. The average molecular weight is 332 g/mol. The van der Waals surface area contributed by atoms with Crippen molar-refractivity contribution in [3.63, 3.8) is 0 Å². The summed E-state index contributed by atoms with van der Waals surface area (Å²) >= 11 is 11.9. The monoisotopic (exact) mass is 331 g/mol. The van der Waals surface area contributed by atoms with Crippen LogP contribution in [0.5, 0.6) is 0 Å². The molecule has 0 atom stereocenters. The predicted molar refractivity (Wildman–Crippen MR) is 88.7 cm³/mol. The van der Waals surface area contributed by atoms with Crippen molar-refractivity contribution < 1.29 is 4.79 Å². The van der Waals surface area contributed by atoms with Gasteiger partial charge >= 0.3 is 0 Å². The van der Waals surface area contributed by atoms with Gasteiger partial charge in [-0.1, -0.05) is 23.2 Å². The minimum absolute atomic E-state index is 0.278. The Balaban J connectivity index is 1.96. The summed E-state index contributed by atoms with van der Waals surface area (Å²) in [6.07, 6.45) is 3.34. The fourth-order valence-electron chi connectivity index (χ4n) is 2.12. The van der Waals surface area contributed by atoms with Crippen molar-refractivity contribution in [2.45, 2.75) is 6.92 Å². The van der Waals surface area contributed by atoms with E-state index in [1.54, 1.807) is 49.6 Å². The van der Waals surface area contributed by atoms with E-state index in [1.165, 1.54) is 0 Å². The molecule has 4 nitrogen and oxygen atoms in total. The van der Waals surface area contributed by atoms with Gasteiger partial charge in [0.1, 0.15) is 0 Å². The summed E-state index contributed by atoms with van der Waals surface area (Å²) in [5.74, 6) is -0.278. The van der Waals surface area contributed by atoms with Crippen LogP contribution >= 0.6 is 23.2 Å². The minimum Gasteiger partial charge on any atom is -0.321 e. The first-order valence-electron chi connectivity index (χ1n) is 6.52. The number of aryl methyl sites for hydroxylation is 1. The lowest BCUT2D eigenvalue weighted by Gasteiger charge is -2.10. The van der Waals surface area contributed by atoms with Gasteiger partial charge in [0.25, 0.3) is 5.91 Å². The molecule has 0 bridgehead atoms. The number of hydrogen-bond acceptors (Lipinski definition) is 3. The molecule has 0 fully saturated rings. The number of benzene rings is 1. The molecule has 0 unspecified atom stereocenters. The molecule has 1 amide bonds. The maximum Gasteiger partial charge on any atom is 0.257 e. The third kappa shape index (κ3) is 2.89. The zero-order valence-electron chi connectivity index (χ0n) is 11.6. The second kappa shape index (κ2) is 5.91. The normalized spacial score (nSPS) is 10.7. The van der Waals surface area contributed by atoms with Crippen LogP contribution in [0.4, 0.5) is 5.69 Å². The summed E-state index contributed by atoms with van der Waals surface area (Å²) in [7, 11) is 0. The second-order valence-corrected chi connectivity index (χ2v) is 5.61. The summed E-state index contributed by atoms with van der Waals surface area (Å²) in [5, 5.41) is 4.47. The quantitative estimate of drug-likeness (QED) is 0.752. The lowest BCUT2D eigenvalue weighted by molar-refractivity contribution is 0.102. The van der Waals surface area contributed by atoms with Crippen molar-refractivity contribution in [1.82, 2.24) is 9.97 Å². The molecule has 0 saturated carbocycles. The zero-order chi connectivity index (χ0) is 15.7. The molecule has 3 aromatic rings. The fourth-order valence-corrected chi connectivity index (χ4v) is 2.58. The number of carbonyl (C=O) groups excluding carboxylic acids is 1. The number of rotatable bonds is 2. The van der Waals surface area contributed by atoms with Crippen LogP contribution in [0.25, 0.3) is 10.9 Å². The lowest BCUT2D eigenvalue weighted by Crippen LogP contribution is -2.14. The zero-order valence-corrected chi connectivity index (χ0v) is 13.1.